The lowest BCUT2D eigenvalue weighted by atomic mass is 9.86. The van der Waals surface area contributed by atoms with Crippen molar-refractivity contribution in [3.8, 4) is 31.7 Å². The Bertz CT molecular complexity index is 1360. The Morgan fingerprint density at radius 3 is 1.84 bits per heavy atom. The van der Waals surface area contributed by atoms with Crippen LogP contribution in [0.2, 0.25) is 0 Å². The zero-order chi connectivity index (χ0) is 26.6. The van der Waals surface area contributed by atoms with Gasteiger partial charge in [-0.3, -0.25) is 14.5 Å². The third-order valence-corrected chi connectivity index (χ3v) is 7.42. The molecule has 0 aromatic carbocycles. The molecule has 0 radical (unpaired) electrons. The number of halogens is 1. The average Bonchev–Trinajstić information content (AvgIpc) is 3.75. The number of aromatic amines is 1. The van der Waals surface area contributed by atoms with Crippen molar-refractivity contribution in [3.05, 3.63) is 83.1 Å². The van der Waals surface area contributed by atoms with Crippen LogP contribution in [0.1, 0.15) is 0 Å². The van der Waals surface area contributed by atoms with Crippen LogP contribution in [0.4, 0.5) is 0 Å². The monoisotopic (exact) mass is 664 g/mol. The van der Waals surface area contributed by atoms with Gasteiger partial charge in [-0.2, -0.15) is 15.3 Å². The Labute approximate surface area is 241 Å². The quantitative estimate of drug-likeness (QED) is 0.137. The van der Waals surface area contributed by atoms with Gasteiger partial charge in [0, 0.05) is 26.5 Å². The minimum atomic E-state index is -1.47. The Morgan fingerprint density at radius 1 is 0.811 bits per heavy atom. The first-order valence-corrected chi connectivity index (χ1v) is 15.7. The summed E-state index contributed by atoms with van der Waals surface area (Å²) in [7, 11) is 2.14. The number of alkyl halides is 1. The molecule has 13 heteroatoms. The number of aryl methyl sites for hydroxylation is 2. The highest BCUT2D eigenvalue weighted by Crippen LogP contribution is 2.23. The number of hydrogen-bond acceptors (Lipinski definition) is 8. The third kappa shape index (κ3) is 8.48. The molecule has 0 saturated heterocycles. The molecule has 3 N–H and O–H groups in total. The molecule has 6 heterocycles. The van der Waals surface area contributed by atoms with Crippen LogP contribution in [0.15, 0.2) is 83.1 Å². The Morgan fingerprint density at radius 2 is 1.41 bits per heavy atom. The van der Waals surface area contributed by atoms with E-state index < -0.39 is 7.12 Å². The van der Waals surface area contributed by atoms with Crippen LogP contribution < -0.4 is 5.59 Å². The normalized spacial score (nSPS) is 9.89. The van der Waals surface area contributed by atoms with Crippen molar-refractivity contribution < 1.29 is 10.0 Å². The van der Waals surface area contributed by atoms with Gasteiger partial charge in [0.2, 0.25) is 0 Å². The number of aromatic nitrogens is 6. The maximum Gasteiger partial charge on any atom is 0.507 e. The second-order valence-electron chi connectivity index (χ2n) is 7.23. The van der Waals surface area contributed by atoms with E-state index in [0.29, 0.717) is 5.59 Å². The fourth-order valence-corrected chi connectivity index (χ4v) is 5.14. The summed E-state index contributed by atoms with van der Waals surface area (Å²) < 4.78 is 3.29. The highest BCUT2D eigenvalue weighted by atomic mass is 127. The van der Waals surface area contributed by atoms with E-state index in [2.05, 4.69) is 65.9 Å². The molecular formula is C24H26BIN6O2S3. The molecule has 0 amide bonds. The first-order chi connectivity index (χ1) is 18.0. The number of thiophene rings is 3. The van der Waals surface area contributed by atoms with Crippen molar-refractivity contribution in [1.82, 2.24) is 29.8 Å². The third-order valence-electron chi connectivity index (χ3n) is 4.73. The second-order valence-corrected chi connectivity index (χ2v) is 10.1. The summed E-state index contributed by atoms with van der Waals surface area (Å²) in [4.78, 5) is 5.45. The van der Waals surface area contributed by atoms with Gasteiger partial charge < -0.3 is 10.0 Å². The van der Waals surface area contributed by atoms with Crippen molar-refractivity contribution in [1.29, 1.82) is 0 Å². The number of nitrogens with one attached hydrogen (secondary N) is 1. The number of hydrogen-bond donors (Lipinski definition) is 3. The maximum absolute atomic E-state index is 9.01. The van der Waals surface area contributed by atoms with E-state index in [-0.39, 0.29) is 0 Å². The van der Waals surface area contributed by atoms with Gasteiger partial charge in [-0.25, -0.2) is 0 Å². The van der Waals surface area contributed by atoms with Crippen molar-refractivity contribution >= 4 is 69.3 Å². The number of H-pyrrole nitrogens is 1. The lowest BCUT2D eigenvalue weighted by Crippen LogP contribution is -2.35. The largest absolute Gasteiger partial charge is 0.507 e. The van der Waals surface area contributed by atoms with Gasteiger partial charge in [0.15, 0.2) is 0 Å². The molecule has 37 heavy (non-hydrogen) atoms. The average molecular weight is 664 g/mol. The molecule has 0 saturated carbocycles. The Balaban J connectivity index is 0.000000151. The predicted octanol–water partition coefficient (Wildman–Crippen LogP) is 5.17. The molecule has 0 spiro atoms. The lowest BCUT2D eigenvalue weighted by Gasteiger charge is -1.96. The van der Waals surface area contributed by atoms with Crippen LogP contribution >= 0.6 is 56.6 Å². The van der Waals surface area contributed by atoms with Gasteiger partial charge in [-0.05, 0) is 57.5 Å². The smallest absolute Gasteiger partial charge is 0.422 e. The summed E-state index contributed by atoms with van der Waals surface area (Å²) in [5.74, 6) is 0. The lowest BCUT2D eigenvalue weighted by molar-refractivity contribution is 0.421. The molecular weight excluding hydrogens is 638 g/mol. The van der Waals surface area contributed by atoms with Crippen molar-refractivity contribution in [2.45, 2.75) is 0 Å². The topological polar surface area (TPSA) is 105 Å². The zero-order valence-electron chi connectivity index (χ0n) is 20.4. The van der Waals surface area contributed by atoms with Crippen LogP contribution in [0.3, 0.4) is 0 Å². The van der Waals surface area contributed by atoms with Crippen LogP contribution in [-0.2, 0) is 14.1 Å². The van der Waals surface area contributed by atoms with Crippen LogP contribution in [0.25, 0.3) is 31.7 Å². The van der Waals surface area contributed by atoms with E-state index in [4.69, 9.17) is 10.0 Å². The van der Waals surface area contributed by atoms with E-state index in [1.165, 1.54) is 14.4 Å². The van der Waals surface area contributed by atoms with Crippen LogP contribution in [0, 0.1) is 0 Å². The molecule has 6 aromatic heterocycles. The molecule has 192 valence electrons. The molecule has 0 bridgehead atoms. The molecule has 0 aliphatic carbocycles. The maximum atomic E-state index is 9.01. The fourth-order valence-electron chi connectivity index (χ4n) is 3.06. The van der Waals surface area contributed by atoms with Crippen molar-refractivity contribution in [2.75, 3.05) is 4.93 Å². The van der Waals surface area contributed by atoms with E-state index in [1.54, 1.807) is 53.3 Å². The van der Waals surface area contributed by atoms with Crippen LogP contribution in [0.5, 0.6) is 0 Å². The second kappa shape index (κ2) is 15.0. The van der Waals surface area contributed by atoms with Gasteiger partial charge in [-0.1, -0.05) is 40.8 Å². The van der Waals surface area contributed by atoms with E-state index >= 15 is 0 Å². The molecule has 0 fully saturated rings. The van der Waals surface area contributed by atoms with Crippen LogP contribution in [-0.4, -0.2) is 51.9 Å². The SMILES string of the molecule is CI.Cn1ccc(-c2cccs2)n1.Cn1nc(-c2cccs2)cc1B(O)O.c1csc(-c2ccn[nH]2)c1. The Hall–Kier alpha value is -2.56. The Kier molecular flexibility index (Phi) is 11.8. The highest BCUT2D eigenvalue weighted by molar-refractivity contribution is 14.1. The molecule has 6 aromatic rings. The van der Waals surface area contributed by atoms with E-state index in [1.807, 2.05) is 64.6 Å². The summed E-state index contributed by atoms with van der Waals surface area (Å²) in [5.41, 5.74) is 3.32. The first kappa shape index (κ1) is 29.0. The van der Waals surface area contributed by atoms with Gasteiger partial charge in [0.1, 0.15) is 11.4 Å². The molecule has 0 aliphatic heterocycles. The summed E-state index contributed by atoms with van der Waals surface area (Å²) in [5, 5.41) is 39.3. The fraction of sp³-hybridized carbons (Fsp3) is 0.125. The minimum Gasteiger partial charge on any atom is -0.422 e. The standard InChI is InChI=1S/C8H9BN2O2S.C8H8N2S.C7H6N2S.CH3I/c1-11-8(9(12)13)5-6(10-11)7-3-2-4-14-7;1-10-5-4-7(9-10)8-3-2-6-11-8;1-2-7(10-5-1)6-3-4-8-9-6;1-2/h2-5,12-13H,1H3;2-6H,1H3;1-5H,(H,8,9);1H3. The number of rotatable bonds is 4. The van der Waals surface area contributed by atoms with E-state index in [0.717, 1.165) is 22.0 Å². The van der Waals surface area contributed by atoms with E-state index in [9.17, 15) is 0 Å². The van der Waals surface area contributed by atoms with Gasteiger partial charge in [0.25, 0.3) is 0 Å². The zero-order valence-corrected chi connectivity index (χ0v) is 25.0. The number of nitrogens with zero attached hydrogens (tertiary/aromatic N) is 5. The highest BCUT2D eigenvalue weighted by Gasteiger charge is 2.18. The summed E-state index contributed by atoms with van der Waals surface area (Å²) in [6, 6.07) is 17.7. The summed E-state index contributed by atoms with van der Waals surface area (Å²) in [6.45, 7) is 0. The molecule has 0 aliphatic rings. The van der Waals surface area contributed by atoms with Crippen molar-refractivity contribution in [2.24, 2.45) is 14.1 Å². The summed E-state index contributed by atoms with van der Waals surface area (Å²) >= 11 is 7.14. The van der Waals surface area contributed by atoms with Gasteiger partial charge in [-0.15, -0.1) is 34.0 Å². The molecule has 8 nitrogen and oxygen atoms in total. The molecule has 0 atom stereocenters. The van der Waals surface area contributed by atoms with Crippen molar-refractivity contribution in [3.63, 3.8) is 0 Å². The van der Waals surface area contributed by atoms with Gasteiger partial charge >= 0.3 is 7.12 Å². The summed E-state index contributed by atoms with van der Waals surface area (Å²) in [6.07, 6.45) is 3.71. The predicted molar refractivity (Wildman–Crippen MR) is 165 cm³/mol. The van der Waals surface area contributed by atoms with Gasteiger partial charge in [0.05, 0.1) is 25.9 Å². The molecule has 6 rings (SSSR count). The minimum absolute atomic E-state index is 0.397. The molecule has 0 unspecified atom stereocenters. The first-order valence-electron chi connectivity index (χ1n) is 10.9.